The van der Waals surface area contributed by atoms with Crippen LogP contribution in [0.2, 0.25) is 0 Å². The van der Waals surface area contributed by atoms with E-state index in [0.717, 1.165) is 10.4 Å². The van der Waals surface area contributed by atoms with Crippen LogP contribution in [0, 0.1) is 12.3 Å². The summed E-state index contributed by atoms with van der Waals surface area (Å²) >= 11 is 0. The van der Waals surface area contributed by atoms with Crippen LogP contribution < -0.4 is 11.1 Å². The van der Waals surface area contributed by atoms with E-state index in [0.29, 0.717) is 12.3 Å². The van der Waals surface area contributed by atoms with E-state index in [9.17, 15) is 36.0 Å². The zero-order valence-electron chi connectivity index (χ0n) is 17.4. The van der Waals surface area contributed by atoms with Gasteiger partial charge in [-0.25, -0.2) is 13.4 Å². The minimum absolute atomic E-state index is 0.0819. The topological polar surface area (TPSA) is 140 Å². The molecule has 2 rings (SSSR count). The van der Waals surface area contributed by atoms with Gasteiger partial charge >= 0.3 is 6.18 Å². The molecule has 177 valence electrons. The van der Waals surface area contributed by atoms with Crippen LogP contribution in [0.4, 0.5) is 13.2 Å². The molecule has 0 aromatic carbocycles. The van der Waals surface area contributed by atoms with Crippen molar-refractivity contribution in [3.63, 3.8) is 0 Å². The number of halogens is 3. The normalized spacial score (nSPS) is 21.6. The minimum atomic E-state index is -4.67. The Balaban J connectivity index is 2.11. The highest BCUT2D eigenvalue weighted by atomic mass is 32.2. The van der Waals surface area contributed by atoms with E-state index in [1.165, 1.54) is 6.42 Å². The number of carbonyl (C=O) groups is 3. The van der Waals surface area contributed by atoms with Gasteiger partial charge in [0.15, 0.2) is 10.8 Å². The molecule has 2 amide bonds. The summed E-state index contributed by atoms with van der Waals surface area (Å²) in [6.07, 6.45) is -2.59. The van der Waals surface area contributed by atoms with Gasteiger partial charge in [0, 0.05) is 18.2 Å². The SMILES string of the molecule is C[C@@H]1CC[C@H](NC(=O)[CH]C[C@H](C)C(N)=O)C(=O)CN1S(=O)(=O)c1ccc(C(F)(F)F)cn1. The lowest BCUT2D eigenvalue weighted by Gasteiger charge is -2.25. The highest BCUT2D eigenvalue weighted by molar-refractivity contribution is 7.89. The number of hydrogen-bond donors (Lipinski definition) is 2. The number of nitrogens with one attached hydrogen (secondary N) is 1. The summed E-state index contributed by atoms with van der Waals surface area (Å²) in [4.78, 5) is 39.2. The second-order valence-electron chi connectivity index (χ2n) is 7.63. The van der Waals surface area contributed by atoms with Crippen molar-refractivity contribution in [1.82, 2.24) is 14.6 Å². The van der Waals surface area contributed by atoms with Gasteiger partial charge in [0.25, 0.3) is 10.0 Å². The molecule has 0 unspecified atom stereocenters. The van der Waals surface area contributed by atoms with E-state index in [1.54, 1.807) is 13.8 Å². The van der Waals surface area contributed by atoms with E-state index >= 15 is 0 Å². The number of nitrogens with zero attached hydrogens (tertiary/aromatic N) is 2. The molecule has 1 aromatic heterocycles. The van der Waals surface area contributed by atoms with Crippen molar-refractivity contribution in [2.24, 2.45) is 11.7 Å². The Morgan fingerprint density at radius 3 is 2.53 bits per heavy atom. The van der Waals surface area contributed by atoms with Gasteiger partial charge in [-0.1, -0.05) is 6.92 Å². The first-order valence-corrected chi connectivity index (χ1v) is 11.2. The van der Waals surface area contributed by atoms with Crippen LogP contribution in [0.5, 0.6) is 0 Å². The Bertz CT molecular complexity index is 966. The first-order valence-electron chi connectivity index (χ1n) is 9.74. The highest BCUT2D eigenvalue weighted by Crippen LogP contribution is 2.30. The average molecular weight is 477 g/mol. The van der Waals surface area contributed by atoms with Crippen molar-refractivity contribution in [3.05, 3.63) is 30.3 Å². The summed E-state index contributed by atoms with van der Waals surface area (Å²) in [6.45, 7) is 2.53. The number of hydrogen-bond acceptors (Lipinski definition) is 6. The van der Waals surface area contributed by atoms with Gasteiger partial charge in [-0.2, -0.15) is 17.5 Å². The fraction of sp³-hybridized carbons (Fsp3) is 0.526. The zero-order chi connectivity index (χ0) is 24.3. The molecule has 3 N–H and O–H groups in total. The molecule has 0 saturated carbocycles. The molecule has 3 atom stereocenters. The van der Waals surface area contributed by atoms with E-state index < -0.39 is 68.9 Å². The first kappa shape index (κ1) is 25.7. The fourth-order valence-corrected chi connectivity index (χ4v) is 4.60. The summed E-state index contributed by atoms with van der Waals surface area (Å²) in [7, 11) is -4.35. The molecule has 32 heavy (non-hydrogen) atoms. The maximum Gasteiger partial charge on any atom is 0.417 e. The van der Waals surface area contributed by atoms with Gasteiger partial charge in [0.2, 0.25) is 11.8 Å². The van der Waals surface area contributed by atoms with E-state index in [4.69, 9.17) is 5.73 Å². The van der Waals surface area contributed by atoms with Crippen molar-refractivity contribution < 1.29 is 36.0 Å². The summed E-state index contributed by atoms with van der Waals surface area (Å²) in [5, 5.41) is 1.89. The van der Waals surface area contributed by atoms with Crippen LogP contribution in [0.3, 0.4) is 0 Å². The first-order chi connectivity index (χ1) is 14.7. The lowest BCUT2D eigenvalue weighted by atomic mass is 10.0. The number of sulfonamides is 1. The molecule has 0 aliphatic carbocycles. The predicted octanol–water partition coefficient (Wildman–Crippen LogP) is 1.04. The number of alkyl halides is 3. The molecular formula is C19H24F3N4O5S. The molecule has 1 aliphatic rings. The molecule has 1 saturated heterocycles. The second kappa shape index (κ2) is 9.94. The van der Waals surface area contributed by atoms with Gasteiger partial charge in [-0.3, -0.25) is 14.4 Å². The zero-order valence-corrected chi connectivity index (χ0v) is 18.2. The standard InChI is InChI=1S/C19H24F3N4O5S/c1-11(18(23)29)3-7-16(28)25-14-6-4-12(2)26(10-15(14)27)32(30,31)17-8-5-13(9-24-17)19(20,21)22/h5,7-9,11-12,14H,3-4,6,10H2,1-2H3,(H2,23,29)(H,25,28)/t11-,12+,14-/m0/s1. The van der Waals surface area contributed by atoms with Gasteiger partial charge in [0.05, 0.1) is 24.6 Å². The Kier molecular flexibility index (Phi) is 7.99. The van der Waals surface area contributed by atoms with Crippen LogP contribution in [-0.2, 0) is 30.6 Å². The average Bonchev–Trinajstić information content (AvgIpc) is 2.85. The monoisotopic (exact) mass is 477 g/mol. The summed E-state index contributed by atoms with van der Waals surface area (Å²) in [6, 6.07) is -0.260. The van der Waals surface area contributed by atoms with E-state index in [1.807, 2.05) is 0 Å². The fourth-order valence-electron chi connectivity index (χ4n) is 3.06. The van der Waals surface area contributed by atoms with Crippen molar-refractivity contribution >= 4 is 27.6 Å². The third-order valence-corrected chi connectivity index (χ3v) is 7.04. The maximum atomic E-state index is 12.9. The number of nitrogens with two attached hydrogens (primary N) is 1. The molecule has 1 radical (unpaired) electrons. The van der Waals surface area contributed by atoms with Crippen molar-refractivity contribution in [2.75, 3.05) is 6.54 Å². The van der Waals surface area contributed by atoms with Gasteiger partial charge < -0.3 is 11.1 Å². The lowest BCUT2D eigenvalue weighted by Crippen LogP contribution is -2.45. The molecular weight excluding hydrogens is 453 g/mol. The summed E-state index contributed by atoms with van der Waals surface area (Å²) in [5.41, 5.74) is 4.03. The summed E-state index contributed by atoms with van der Waals surface area (Å²) in [5.74, 6) is -2.31. The minimum Gasteiger partial charge on any atom is -0.369 e. The molecule has 1 fully saturated rings. The highest BCUT2D eigenvalue weighted by Gasteiger charge is 2.38. The quantitative estimate of drug-likeness (QED) is 0.602. The number of amides is 2. The number of ketones is 1. The van der Waals surface area contributed by atoms with Gasteiger partial charge in [0.1, 0.15) is 0 Å². The van der Waals surface area contributed by atoms with Crippen LogP contribution in [0.25, 0.3) is 0 Å². The number of primary amides is 1. The van der Waals surface area contributed by atoms with Gasteiger partial charge in [-0.05, 0) is 38.3 Å². The third kappa shape index (κ3) is 6.25. The smallest absolute Gasteiger partial charge is 0.369 e. The van der Waals surface area contributed by atoms with Crippen molar-refractivity contribution in [2.45, 2.75) is 56.4 Å². The number of pyridine rings is 1. The number of aromatic nitrogens is 1. The Morgan fingerprint density at radius 2 is 2.00 bits per heavy atom. The number of rotatable bonds is 7. The molecule has 0 spiro atoms. The van der Waals surface area contributed by atoms with Crippen LogP contribution in [0.15, 0.2) is 23.4 Å². The van der Waals surface area contributed by atoms with Crippen LogP contribution in [0.1, 0.15) is 38.7 Å². The number of carbonyl (C=O) groups excluding carboxylic acids is 3. The maximum absolute atomic E-state index is 12.9. The Morgan fingerprint density at radius 1 is 1.34 bits per heavy atom. The van der Waals surface area contributed by atoms with E-state index in [2.05, 4.69) is 10.3 Å². The molecule has 0 bridgehead atoms. The van der Waals surface area contributed by atoms with Crippen molar-refractivity contribution in [1.29, 1.82) is 0 Å². The Hall–Kier alpha value is -2.54. The molecule has 13 heteroatoms. The van der Waals surface area contributed by atoms with Gasteiger partial charge in [-0.15, -0.1) is 0 Å². The lowest BCUT2D eigenvalue weighted by molar-refractivity contribution is -0.138. The predicted molar refractivity (Wildman–Crippen MR) is 106 cm³/mol. The summed E-state index contributed by atoms with van der Waals surface area (Å²) < 4.78 is 64.9. The second-order valence-corrected chi connectivity index (χ2v) is 9.47. The molecule has 9 nitrogen and oxygen atoms in total. The molecule has 2 heterocycles. The third-order valence-electron chi connectivity index (χ3n) is 5.16. The molecule has 1 aliphatic heterocycles. The Labute approximate surface area is 183 Å². The van der Waals surface area contributed by atoms with Crippen molar-refractivity contribution in [3.8, 4) is 0 Å². The molecule has 1 aromatic rings. The largest absolute Gasteiger partial charge is 0.417 e. The van der Waals surface area contributed by atoms with Crippen LogP contribution in [-0.4, -0.2) is 53.9 Å². The number of Topliss-reactive ketones (excluding diaryl/α,β-unsaturated/α-hetero) is 1. The van der Waals surface area contributed by atoms with Crippen LogP contribution >= 0.6 is 0 Å². The van der Waals surface area contributed by atoms with E-state index in [-0.39, 0.29) is 19.3 Å².